The molecule has 0 aliphatic rings. The van der Waals surface area contributed by atoms with Crippen LogP contribution in [0, 0.1) is 6.92 Å². The van der Waals surface area contributed by atoms with Crippen molar-refractivity contribution < 1.29 is 9.21 Å². The van der Waals surface area contributed by atoms with Gasteiger partial charge in [0.05, 0.1) is 23.7 Å². The van der Waals surface area contributed by atoms with Gasteiger partial charge < -0.3 is 9.73 Å². The van der Waals surface area contributed by atoms with Crippen molar-refractivity contribution in [2.45, 2.75) is 25.0 Å². The highest BCUT2D eigenvalue weighted by atomic mass is 32.2. The Balaban J connectivity index is 1.53. The van der Waals surface area contributed by atoms with E-state index in [0.717, 1.165) is 16.8 Å². The average molecular weight is 419 g/mol. The Hall–Kier alpha value is -3.32. The van der Waals surface area contributed by atoms with Crippen molar-refractivity contribution in [2.75, 3.05) is 5.75 Å². The minimum Gasteiger partial charge on any atom is -0.461 e. The predicted molar refractivity (Wildman–Crippen MR) is 118 cm³/mol. The first-order chi connectivity index (χ1) is 14.6. The van der Waals surface area contributed by atoms with Crippen LogP contribution in [0.25, 0.3) is 17.3 Å². The van der Waals surface area contributed by atoms with Crippen molar-refractivity contribution in [1.82, 2.24) is 20.1 Å². The van der Waals surface area contributed by atoms with Crippen molar-refractivity contribution in [1.29, 1.82) is 0 Å². The number of nitrogens with one attached hydrogen (secondary N) is 1. The lowest BCUT2D eigenvalue weighted by Crippen LogP contribution is -2.28. The molecule has 7 heteroatoms. The minimum absolute atomic E-state index is 0.0605. The Morgan fingerprint density at radius 2 is 1.93 bits per heavy atom. The summed E-state index contributed by atoms with van der Waals surface area (Å²) in [6.45, 7) is 4.01. The Bertz CT molecular complexity index is 1120. The molecule has 0 saturated carbocycles. The van der Waals surface area contributed by atoms with Gasteiger partial charge in [0.1, 0.15) is 0 Å². The van der Waals surface area contributed by atoms with E-state index in [0.29, 0.717) is 16.7 Å². The maximum Gasteiger partial charge on any atom is 0.230 e. The number of nitrogens with zero attached hydrogens (tertiary/aromatic N) is 3. The van der Waals surface area contributed by atoms with Crippen LogP contribution in [0.5, 0.6) is 0 Å². The summed E-state index contributed by atoms with van der Waals surface area (Å²) in [4.78, 5) is 12.5. The quantitative estimate of drug-likeness (QED) is 0.436. The normalized spacial score (nSPS) is 11.9. The molecule has 0 fully saturated rings. The topological polar surface area (TPSA) is 73.0 Å². The molecule has 1 unspecified atom stereocenters. The third-order valence-electron chi connectivity index (χ3n) is 4.64. The zero-order chi connectivity index (χ0) is 20.9. The highest BCUT2D eigenvalue weighted by molar-refractivity contribution is 7.99. The maximum atomic E-state index is 12.5. The number of carbonyl (C=O) groups is 1. The fourth-order valence-electron chi connectivity index (χ4n) is 3.17. The van der Waals surface area contributed by atoms with E-state index in [1.165, 1.54) is 11.8 Å². The summed E-state index contributed by atoms with van der Waals surface area (Å²) in [7, 11) is 0. The summed E-state index contributed by atoms with van der Waals surface area (Å²) in [5, 5.41) is 12.3. The van der Waals surface area contributed by atoms with Gasteiger partial charge in [0.25, 0.3) is 0 Å². The van der Waals surface area contributed by atoms with Crippen LogP contribution in [0.15, 0.2) is 82.6 Å². The lowest BCUT2D eigenvalue weighted by molar-refractivity contribution is -0.119. The molecule has 6 nitrogen and oxygen atoms in total. The third kappa shape index (κ3) is 4.46. The van der Waals surface area contributed by atoms with Gasteiger partial charge >= 0.3 is 0 Å². The lowest BCUT2D eigenvalue weighted by atomic mass is 10.1. The van der Waals surface area contributed by atoms with E-state index in [-0.39, 0.29) is 17.7 Å². The number of benzene rings is 2. The van der Waals surface area contributed by atoms with Crippen LogP contribution >= 0.6 is 11.8 Å². The van der Waals surface area contributed by atoms with E-state index < -0.39 is 0 Å². The molecule has 0 spiro atoms. The highest BCUT2D eigenvalue weighted by Crippen LogP contribution is 2.28. The number of aryl methyl sites for hydroxylation is 1. The van der Waals surface area contributed by atoms with Gasteiger partial charge in [-0.05, 0) is 49.2 Å². The SMILES string of the molecule is Cc1cccc(-n2c(SCC(=O)NC(C)c3ccccc3)nnc2-c2ccco2)c1. The summed E-state index contributed by atoms with van der Waals surface area (Å²) < 4.78 is 7.46. The molecule has 2 aromatic carbocycles. The van der Waals surface area contributed by atoms with Crippen LogP contribution in [-0.2, 0) is 4.79 Å². The average Bonchev–Trinajstić information content (AvgIpc) is 3.42. The molecule has 0 saturated heterocycles. The maximum absolute atomic E-state index is 12.5. The minimum atomic E-state index is -0.0624. The number of furan rings is 1. The molecule has 2 aromatic heterocycles. The van der Waals surface area contributed by atoms with Crippen LogP contribution in [0.4, 0.5) is 0 Å². The van der Waals surface area contributed by atoms with E-state index in [2.05, 4.69) is 21.6 Å². The molecule has 4 rings (SSSR count). The Morgan fingerprint density at radius 1 is 1.10 bits per heavy atom. The van der Waals surface area contributed by atoms with Gasteiger partial charge in [-0.25, -0.2) is 0 Å². The van der Waals surface area contributed by atoms with Crippen LogP contribution in [0.3, 0.4) is 0 Å². The summed E-state index contributed by atoms with van der Waals surface area (Å²) in [5.74, 6) is 1.40. The summed E-state index contributed by atoms with van der Waals surface area (Å²) in [6, 6.07) is 21.6. The first kappa shape index (κ1) is 20.0. The smallest absolute Gasteiger partial charge is 0.230 e. The van der Waals surface area contributed by atoms with E-state index >= 15 is 0 Å². The second-order valence-corrected chi connectivity index (χ2v) is 7.89. The third-order valence-corrected chi connectivity index (χ3v) is 5.57. The molecular weight excluding hydrogens is 396 g/mol. The number of hydrogen-bond donors (Lipinski definition) is 1. The van der Waals surface area contributed by atoms with Crippen molar-refractivity contribution in [3.8, 4) is 17.3 Å². The van der Waals surface area contributed by atoms with Crippen LogP contribution in [0.2, 0.25) is 0 Å². The van der Waals surface area contributed by atoms with Gasteiger partial charge in [-0.2, -0.15) is 0 Å². The van der Waals surface area contributed by atoms with Crippen molar-refractivity contribution in [3.05, 3.63) is 84.1 Å². The molecule has 0 bridgehead atoms. The lowest BCUT2D eigenvalue weighted by Gasteiger charge is -2.14. The van der Waals surface area contributed by atoms with E-state index in [9.17, 15) is 4.79 Å². The van der Waals surface area contributed by atoms with E-state index in [4.69, 9.17) is 4.42 Å². The van der Waals surface area contributed by atoms with Gasteiger partial charge in [0, 0.05) is 0 Å². The number of carbonyl (C=O) groups excluding carboxylic acids is 1. The largest absolute Gasteiger partial charge is 0.461 e. The second-order valence-electron chi connectivity index (χ2n) is 6.95. The standard InChI is InChI=1S/C23H22N4O2S/c1-16-8-6-11-19(14-16)27-22(20-12-7-13-29-20)25-26-23(27)30-15-21(28)24-17(2)18-9-4-3-5-10-18/h3-14,17H,15H2,1-2H3,(H,24,28). The molecule has 152 valence electrons. The number of amides is 1. The number of aromatic nitrogens is 3. The summed E-state index contributed by atoms with van der Waals surface area (Å²) >= 11 is 1.35. The molecule has 0 aliphatic carbocycles. The van der Waals surface area contributed by atoms with Crippen LogP contribution < -0.4 is 5.32 Å². The van der Waals surface area contributed by atoms with E-state index in [1.807, 2.05) is 79.1 Å². The fourth-order valence-corrected chi connectivity index (χ4v) is 3.93. The van der Waals surface area contributed by atoms with Crippen LogP contribution in [0.1, 0.15) is 24.1 Å². The molecule has 0 aliphatic heterocycles. The second kappa shape index (κ2) is 9.00. The first-order valence-corrected chi connectivity index (χ1v) is 10.6. The molecule has 1 amide bonds. The fraction of sp³-hybridized carbons (Fsp3) is 0.174. The molecule has 1 atom stereocenters. The zero-order valence-electron chi connectivity index (χ0n) is 16.8. The Kier molecular flexibility index (Phi) is 5.99. The number of thioether (sulfide) groups is 1. The molecule has 30 heavy (non-hydrogen) atoms. The molecule has 0 radical (unpaired) electrons. The molecule has 1 N–H and O–H groups in total. The van der Waals surface area contributed by atoms with Crippen LogP contribution in [-0.4, -0.2) is 26.4 Å². The van der Waals surface area contributed by atoms with Crippen molar-refractivity contribution >= 4 is 17.7 Å². The van der Waals surface area contributed by atoms with Gasteiger partial charge in [-0.15, -0.1) is 10.2 Å². The molecule has 2 heterocycles. The van der Waals surface area contributed by atoms with E-state index in [1.54, 1.807) is 6.26 Å². The van der Waals surface area contributed by atoms with Gasteiger partial charge in [0.2, 0.25) is 11.7 Å². The van der Waals surface area contributed by atoms with Gasteiger partial charge in [-0.1, -0.05) is 54.2 Å². The molecular formula is C23H22N4O2S. The van der Waals surface area contributed by atoms with Gasteiger partial charge in [0.15, 0.2) is 10.9 Å². The predicted octanol–water partition coefficient (Wildman–Crippen LogP) is 4.81. The Labute approximate surface area is 179 Å². The highest BCUT2D eigenvalue weighted by Gasteiger charge is 2.19. The number of hydrogen-bond acceptors (Lipinski definition) is 5. The summed E-state index contributed by atoms with van der Waals surface area (Å²) in [5.41, 5.74) is 3.11. The first-order valence-electron chi connectivity index (χ1n) is 9.65. The molecule has 4 aromatic rings. The summed E-state index contributed by atoms with van der Waals surface area (Å²) in [6.07, 6.45) is 1.61. The van der Waals surface area contributed by atoms with Crippen molar-refractivity contribution in [2.24, 2.45) is 0 Å². The zero-order valence-corrected chi connectivity index (χ0v) is 17.6. The van der Waals surface area contributed by atoms with Crippen molar-refractivity contribution in [3.63, 3.8) is 0 Å². The van der Waals surface area contributed by atoms with Gasteiger partial charge in [-0.3, -0.25) is 9.36 Å². The number of rotatable bonds is 7. The Morgan fingerprint density at radius 3 is 2.67 bits per heavy atom. The monoisotopic (exact) mass is 418 g/mol.